The van der Waals surface area contributed by atoms with Crippen LogP contribution in [0.25, 0.3) is 21.7 Å². The Labute approximate surface area is 133 Å². The van der Waals surface area contributed by atoms with Crippen molar-refractivity contribution in [1.29, 1.82) is 5.26 Å². The van der Waals surface area contributed by atoms with E-state index in [-0.39, 0.29) is 0 Å². The number of H-pyrrole nitrogens is 1. The second-order valence-electron chi connectivity index (χ2n) is 5.22. The molecule has 0 bridgehead atoms. The van der Waals surface area contributed by atoms with Gasteiger partial charge in [0, 0.05) is 36.3 Å². The predicted octanol–water partition coefficient (Wildman–Crippen LogP) is 4.27. The number of hydrogen-bond donors (Lipinski definition) is 1. The lowest BCUT2D eigenvalue weighted by atomic mass is 9.99. The Morgan fingerprint density at radius 3 is 3.05 bits per heavy atom. The van der Waals surface area contributed by atoms with Crippen molar-refractivity contribution in [1.82, 2.24) is 19.9 Å². The van der Waals surface area contributed by atoms with Crippen LogP contribution in [-0.2, 0) is 0 Å². The molecule has 3 aromatic rings. The third-order valence-corrected chi connectivity index (χ3v) is 4.79. The summed E-state index contributed by atoms with van der Waals surface area (Å²) < 4.78 is 0. The van der Waals surface area contributed by atoms with E-state index in [1.54, 1.807) is 11.3 Å². The van der Waals surface area contributed by atoms with E-state index in [0.717, 1.165) is 40.2 Å². The Morgan fingerprint density at radius 1 is 1.32 bits per heavy atom. The molecule has 3 rings (SSSR count). The lowest BCUT2D eigenvalue weighted by molar-refractivity contribution is 0.573. The number of nitriles is 1. The standard InChI is InChI=1S/C16H17N5S/c1-2-4-11(5-3-7-17)16-20-10-13(22-16)15-19-9-12-6-8-18-14(12)21-15/h6,8-11H,2-5H2,1H3,(H,18,19,21)/t11-/m1/s1. The highest BCUT2D eigenvalue weighted by atomic mass is 32.1. The first-order valence-electron chi connectivity index (χ1n) is 7.45. The molecule has 0 unspecified atom stereocenters. The van der Waals surface area contributed by atoms with Gasteiger partial charge < -0.3 is 4.98 Å². The molecular formula is C16H17N5S. The van der Waals surface area contributed by atoms with E-state index >= 15 is 0 Å². The van der Waals surface area contributed by atoms with Gasteiger partial charge >= 0.3 is 0 Å². The van der Waals surface area contributed by atoms with Crippen LogP contribution >= 0.6 is 11.3 Å². The average Bonchev–Trinajstić information content (AvgIpc) is 3.19. The van der Waals surface area contributed by atoms with Gasteiger partial charge in [-0.15, -0.1) is 11.3 Å². The van der Waals surface area contributed by atoms with E-state index in [2.05, 4.69) is 32.9 Å². The number of nitrogens with zero attached hydrogens (tertiary/aromatic N) is 4. The van der Waals surface area contributed by atoms with Gasteiger partial charge in [-0.25, -0.2) is 15.0 Å². The SMILES string of the molecule is CCC[C@H](CCC#N)c1ncc(-c2ncc3cc[nH]c3n2)s1. The van der Waals surface area contributed by atoms with Crippen LogP contribution < -0.4 is 0 Å². The van der Waals surface area contributed by atoms with Crippen LogP contribution in [0.3, 0.4) is 0 Å². The van der Waals surface area contributed by atoms with Crippen molar-refractivity contribution >= 4 is 22.4 Å². The van der Waals surface area contributed by atoms with Crippen molar-refractivity contribution in [2.45, 2.75) is 38.5 Å². The average molecular weight is 311 g/mol. The van der Waals surface area contributed by atoms with E-state index < -0.39 is 0 Å². The number of thiazole rings is 1. The fraction of sp³-hybridized carbons (Fsp3) is 0.375. The quantitative estimate of drug-likeness (QED) is 0.737. The summed E-state index contributed by atoms with van der Waals surface area (Å²) in [6.45, 7) is 2.16. The third-order valence-electron chi connectivity index (χ3n) is 3.63. The number of aromatic nitrogens is 4. The minimum atomic E-state index is 0.359. The van der Waals surface area contributed by atoms with E-state index in [1.807, 2.05) is 24.7 Å². The van der Waals surface area contributed by atoms with Gasteiger partial charge in [-0.3, -0.25) is 0 Å². The normalized spacial score (nSPS) is 12.4. The monoisotopic (exact) mass is 311 g/mol. The van der Waals surface area contributed by atoms with Crippen LogP contribution in [0.4, 0.5) is 0 Å². The van der Waals surface area contributed by atoms with Crippen molar-refractivity contribution in [2.75, 3.05) is 0 Å². The summed E-state index contributed by atoms with van der Waals surface area (Å²) in [5, 5.41) is 10.9. The summed E-state index contributed by atoms with van der Waals surface area (Å²) in [5.41, 5.74) is 0.842. The number of fused-ring (bicyclic) bond motifs is 1. The molecule has 1 N–H and O–H groups in total. The van der Waals surface area contributed by atoms with Crippen molar-refractivity contribution in [3.63, 3.8) is 0 Å². The Balaban J connectivity index is 1.86. The van der Waals surface area contributed by atoms with Gasteiger partial charge in [-0.2, -0.15) is 5.26 Å². The fourth-order valence-corrected chi connectivity index (χ4v) is 3.54. The van der Waals surface area contributed by atoms with E-state index in [0.29, 0.717) is 18.2 Å². The van der Waals surface area contributed by atoms with Crippen LogP contribution in [0.2, 0.25) is 0 Å². The first-order valence-corrected chi connectivity index (χ1v) is 8.26. The van der Waals surface area contributed by atoms with E-state index in [1.165, 1.54) is 0 Å². The molecule has 6 heteroatoms. The van der Waals surface area contributed by atoms with E-state index in [4.69, 9.17) is 5.26 Å². The maximum Gasteiger partial charge on any atom is 0.173 e. The van der Waals surface area contributed by atoms with Crippen LogP contribution in [-0.4, -0.2) is 19.9 Å². The molecule has 0 fully saturated rings. The largest absolute Gasteiger partial charge is 0.346 e. The summed E-state index contributed by atoms with van der Waals surface area (Å²) >= 11 is 1.64. The van der Waals surface area contributed by atoms with Gasteiger partial charge in [-0.05, 0) is 18.9 Å². The summed E-state index contributed by atoms with van der Waals surface area (Å²) in [5.74, 6) is 1.06. The molecule has 0 spiro atoms. The van der Waals surface area contributed by atoms with Crippen molar-refractivity contribution in [3.8, 4) is 16.8 Å². The zero-order valence-electron chi connectivity index (χ0n) is 12.4. The van der Waals surface area contributed by atoms with Gasteiger partial charge in [0.25, 0.3) is 0 Å². The molecule has 0 aliphatic carbocycles. The van der Waals surface area contributed by atoms with Crippen LogP contribution in [0, 0.1) is 11.3 Å². The van der Waals surface area contributed by atoms with Gasteiger partial charge in [0.05, 0.1) is 16.0 Å². The summed E-state index contributed by atoms with van der Waals surface area (Å²) in [6.07, 6.45) is 9.13. The zero-order chi connectivity index (χ0) is 15.4. The smallest absolute Gasteiger partial charge is 0.173 e. The number of aromatic amines is 1. The number of nitrogens with one attached hydrogen (secondary N) is 1. The molecule has 0 amide bonds. The number of hydrogen-bond acceptors (Lipinski definition) is 5. The molecule has 3 aromatic heterocycles. The molecule has 0 aliphatic heterocycles. The Morgan fingerprint density at radius 2 is 2.23 bits per heavy atom. The maximum atomic E-state index is 8.80. The van der Waals surface area contributed by atoms with Gasteiger partial charge in [0.1, 0.15) is 5.65 Å². The summed E-state index contributed by atoms with van der Waals surface area (Å²) in [7, 11) is 0. The highest BCUT2D eigenvalue weighted by Gasteiger charge is 2.16. The predicted molar refractivity (Wildman–Crippen MR) is 87.5 cm³/mol. The lowest BCUT2D eigenvalue weighted by Crippen LogP contribution is -1.97. The Kier molecular flexibility index (Phi) is 4.45. The summed E-state index contributed by atoms with van der Waals surface area (Å²) in [6, 6.07) is 4.18. The number of rotatable bonds is 6. The zero-order valence-corrected chi connectivity index (χ0v) is 13.2. The molecule has 0 saturated carbocycles. The molecule has 3 heterocycles. The highest BCUT2D eigenvalue weighted by Crippen LogP contribution is 2.33. The minimum Gasteiger partial charge on any atom is -0.346 e. The second kappa shape index (κ2) is 6.67. The fourth-order valence-electron chi connectivity index (χ4n) is 2.52. The van der Waals surface area contributed by atoms with Crippen LogP contribution in [0.5, 0.6) is 0 Å². The first kappa shape index (κ1) is 14.7. The van der Waals surface area contributed by atoms with Gasteiger partial charge in [-0.1, -0.05) is 13.3 Å². The maximum absolute atomic E-state index is 8.80. The molecule has 0 aliphatic rings. The minimum absolute atomic E-state index is 0.359. The molecular weight excluding hydrogens is 294 g/mol. The lowest BCUT2D eigenvalue weighted by Gasteiger charge is -2.10. The molecule has 0 saturated heterocycles. The second-order valence-corrected chi connectivity index (χ2v) is 6.28. The van der Waals surface area contributed by atoms with Gasteiger partial charge in [0.2, 0.25) is 0 Å². The highest BCUT2D eigenvalue weighted by molar-refractivity contribution is 7.15. The topological polar surface area (TPSA) is 78.2 Å². The Hall–Kier alpha value is -2.26. The van der Waals surface area contributed by atoms with Crippen molar-refractivity contribution < 1.29 is 0 Å². The molecule has 112 valence electrons. The van der Waals surface area contributed by atoms with E-state index in [9.17, 15) is 0 Å². The van der Waals surface area contributed by atoms with Gasteiger partial charge in [0.15, 0.2) is 5.82 Å². The molecule has 1 atom stereocenters. The molecule has 22 heavy (non-hydrogen) atoms. The van der Waals surface area contributed by atoms with Crippen molar-refractivity contribution in [2.24, 2.45) is 0 Å². The van der Waals surface area contributed by atoms with Crippen LogP contribution in [0.1, 0.15) is 43.5 Å². The summed E-state index contributed by atoms with van der Waals surface area (Å²) in [4.78, 5) is 17.6. The first-order chi connectivity index (χ1) is 10.8. The molecule has 5 nitrogen and oxygen atoms in total. The Bertz CT molecular complexity index is 798. The molecule has 0 aromatic carbocycles. The third kappa shape index (κ3) is 3.00. The molecule has 0 radical (unpaired) electrons. The van der Waals surface area contributed by atoms with Crippen LogP contribution in [0.15, 0.2) is 24.7 Å². The van der Waals surface area contributed by atoms with Crippen molar-refractivity contribution in [3.05, 3.63) is 29.7 Å².